The molecule has 3 rings (SSSR count). The first kappa shape index (κ1) is 11.8. The van der Waals surface area contributed by atoms with Gasteiger partial charge in [0.15, 0.2) is 0 Å². The Morgan fingerprint density at radius 3 is 2.88 bits per heavy atom. The number of primary amides is 1. The lowest BCUT2D eigenvalue weighted by atomic mass is 10.1. The molecule has 0 aliphatic carbocycles. The Kier molecular flexibility index (Phi) is 2.98. The van der Waals surface area contributed by atoms with Gasteiger partial charge in [-0.3, -0.25) is 4.79 Å². The number of para-hydroxylation sites is 1. The molecule has 2 aromatic rings. The number of aryl methyl sites for hydroxylation is 1. The maximum Gasteiger partial charge on any atom is 0.254 e. The van der Waals surface area contributed by atoms with Crippen molar-refractivity contribution in [3.8, 4) is 5.88 Å². The van der Waals surface area contributed by atoms with E-state index in [0.717, 1.165) is 23.9 Å². The molecule has 1 aromatic heterocycles. The first-order valence-electron chi connectivity index (χ1n) is 5.33. The fourth-order valence-corrected chi connectivity index (χ4v) is 2.28. The summed E-state index contributed by atoms with van der Waals surface area (Å²) in [6, 6.07) is 7.75. The summed E-state index contributed by atoms with van der Waals surface area (Å²) < 4.78 is 7.59. The first-order valence-corrected chi connectivity index (χ1v) is 5.33. The van der Waals surface area contributed by atoms with Gasteiger partial charge in [0.1, 0.15) is 5.56 Å². The van der Waals surface area contributed by atoms with E-state index in [2.05, 4.69) is 0 Å². The Hall–Kier alpha value is -1.68. The second-order valence-corrected chi connectivity index (χ2v) is 3.92. The molecule has 4 nitrogen and oxygen atoms in total. The van der Waals surface area contributed by atoms with Gasteiger partial charge in [0.2, 0.25) is 5.88 Å². The molecule has 0 spiro atoms. The van der Waals surface area contributed by atoms with Gasteiger partial charge in [-0.2, -0.15) is 0 Å². The van der Waals surface area contributed by atoms with Gasteiger partial charge in [-0.15, -0.1) is 12.4 Å². The number of carbonyl (C=O) groups is 1. The Balaban J connectivity index is 0.00000108. The third-order valence-corrected chi connectivity index (χ3v) is 2.93. The van der Waals surface area contributed by atoms with E-state index in [4.69, 9.17) is 10.5 Å². The van der Waals surface area contributed by atoms with Gasteiger partial charge < -0.3 is 15.0 Å². The number of hydrogen-bond donors (Lipinski definition) is 1. The quantitative estimate of drug-likeness (QED) is 0.843. The first-order chi connectivity index (χ1) is 7.79. The molecule has 1 aliphatic rings. The number of ether oxygens (including phenoxy) is 1. The van der Waals surface area contributed by atoms with Crippen molar-refractivity contribution in [3.63, 3.8) is 0 Å². The minimum absolute atomic E-state index is 0. The number of hydrogen-bond acceptors (Lipinski definition) is 2. The van der Waals surface area contributed by atoms with E-state index < -0.39 is 5.91 Å². The van der Waals surface area contributed by atoms with Crippen molar-refractivity contribution in [2.24, 2.45) is 5.73 Å². The van der Waals surface area contributed by atoms with Crippen molar-refractivity contribution in [2.75, 3.05) is 6.61 Å². The van der Waals surface area contributed by atoms with Gasteiger partial charge >= 0.3 is 0 Å². The van der Waals surface area contributed by atoms with Crippen LogP contribution in [0.15, 0.2) is 24.3 Å². The maximum atomic E-state index is 11.5. The standard InChI is InChI=1S/C12H12N2O2.ClH/c13-11(15)10-8-4-1-2-5-9(8)14-6-3-7-16-12(10)14;/h1-2,4-5H,3,6-7H2,(H2,13,15);1H. The highest BCUT2D eigenvalue weighted by Crippen LogP contribution is 2.33. The van der Waals surface area contributed by atoms with Crippen molar-refractivity contribution in [3.05, 3.63) is 29.8 Å². The van der Waals surface area contributed by atoms with E-state index in [0.29, 0.717) is 18.1 Å². The van der Waals surface area contributed by atoms with Crippen LogP contribution in [-0.4, -0.2) is 17.1 Å². The minimum Gasteiger partial charge on any atom is -0.478 e. The molecule has 2 N–H and O–H groups in total. The lowest BCUT2D eigenvalue weighted by molar-refractivity contribution is 0.0995. The van der Waals surface area contributed by atoms with Crippen molar-refractivity contribution in [2.45, 2.75) is 13.0 Å². The average molecular weight is 253 g/mol. The molecule has 0 saturated heterocycles. The van der Waals surface area contributed by atoms with E-state index in [9.17, 15) is 4.79 Å². The number of rotatable bonds is 1. The number of benzene rings is 1. The number of fused-ring (bicyclic) bond motifs is 3. The molecule has 90 valence electrons. The van der Waals surface area contributed by atoms with Crippen LogP contribution in [0, 0.1) is 0 Å². The molecule has 1 aliphatic heterocycles. The molecule has 0 fully saturated rings. The number of amides is 1. The molecule has 2 heterocycles. The summed E-state index contributed by atoms with van der Waals surface area (Å²) in [5, 5.41) is 0.881. The Morgan fingerprint density at radius 2 is 2.12 bits per heavy atom. The summed E-state index contributed by atoms with van der Waals surface area (Å²) >= 11 is 0. The molecular weight excluding hydrogens is 240 g/mol. The zero-order chi connectivity index (χ0) is 11.1. The van der Waals surface area contributed by atoms with Crippen LogP contribution in [0.1, 0.15) is 16.8 Å². The van der Waals surface area contributed by atoms with Gasteiger partial charge in [-0.1, -0.05) is 18.2 Å². The second-order valence-electron chi connectivity index (χ2n) is 3.92. The zero-order valence-corrected chi connectivity index (χ0v) is 10.00. The van der Waals surface area contributed by atoms with Crippen LogP contribution < -0.4 is 10.5 Å². The Bertz CT molecular complexity index is 577. The highest BCUT2D eigenvalue weighted by atomic mass is 35.5. The molecular formula is C12H13ClN2O2. The average Bonchev–Trinajstić information content (AvgIpc) is 2.63. The molecule has 1 aromatic carbocycles. The molecule has 0 bridgehead atoms. The topological polar surface area (TPSA) is 57.2 Å². The number of nitrogens with two attached hydrogens (primary N) is 1. The monoisotopic (exact) mass is 252 g/mol. The van der Waals surface area contributed by atoms with Gasteiger partial charge in [-0.25, -0.2) is 0 Å². The highest BCUT2D eigenvalue weighted by molar-refractivity contribution is 6.09. The summed E-state index contributed by atoms with van der Waals surface area (Å²) in [6.07, 6.45) is 0.962. The molecule has 5 heteroatoms. The predicted molar refractivity (Wildman–Crippen MR) is 67.8 cm³/mol. The van der Waals surface area contributed by atoms with Gasteiger partial charge in [0.25, 0.3) is 5.91 Å². The lowest BCUT2D eigenvalue weighted by Crippen LogP contribution is -2.18. The van der Waals surface area contributed by atoms with Crippen LogP contribution in [-0.2, 0) is 6.54 Å². The summed E-state index contributed by atoms with van der Waals surface area (Å²) in [7, 11) is 0. The van der Waals surface area contributed by atoms with Gasteiger partial charge in [0, 0.05) is 11.9 Å². The number of halogens is 1. The fraction of sp³-hybridized carbons (Fsp3) is 0.250. The van der Waals surface area contributed by atoms with Crippen molar-refractivity contribution < 1.29 is 9.53 Å². The van der Waals surface area contributed by atoms with Gasteiger partial charge in [-0.05, 0) is 12.5 Å². The minimum atomic E-state index is -0.424. The second kappa shape index (κ2) is 4.30. The molecule has 1 amide bonds. The van der Waals surface area contributed by atoms with Crippen LogP contribution in [0.2, 0.25) is 0 Å². The smallest absolute Gasteiger partial charge is 0.254 e. The largest absolute Gasteiger partial charge is 0.478 e. The SMILES string of the molecule is Cl.NC(=O)c1c2n(c3ccccc13)CCCO2. The number of carbonyl (C=O) groups excluding carboxylic acids is 1. The predicted octanol–water partition coefficient (Wildman–Crippen LogP) is 1.94. The molecule has 0 unspecified atom stereocenters. The Morgan fingerprint density at radius 1 is 1.35 bits per heavy atom. The molecule has 0 saturated carbocycles. The summed E-state index contributed by atoms with van der Waals surface area (Å²) in [4.78, 5) is 11.5. The molecule has 17 heavy (non-hydrogen) atoms. The lowest BCUT2D eigenvalue weighted by Gasteiger charge is -2.17. The summed E-state index contributed by atoms with van der Waals surface area (Å²) in [6.45, 7) is 1.53. The Labute approximate surface area is 105 Å². The van der Waals surface area contributed by atoms with Crippen LogP contribution in [0.4, 0.5) is 0 Å². The normalized spacial score (nSPS) is 13.6. The molecule has 0 atom stereocenters. The van der Waals surface area contributed by atoms with Crippen molar-refractivity contribution in [1.29, 1.82) is 0 Å². The molecule has 0 radical (unpaired) electrons. The van der Waals surface area contributed by atoms with Crippen LogP contribution >= 0.6 is 12.4 Å². The zero-order valence-electron chi connectivity index (χ0n) is 9.18. The third-order valence-electron chi connectivity index (χ3n) is 2.93. The summed E-state index contributed by atoms with van der Waals surface area (Å²) in [5.41, 5.74) is 6.95. The van der Waals surface area contributed by atoms with E-state index >= 15 is 0 Å². The van der Waals surface area contributed by atoms with Crippen LogP contribution in [0.3, 0.4) is 0 Å². The van der Waals surface area contributed by atoms with Crippen LogP contribution in [0.5, 0.6) is 5.88 Å². The summed E-state index contributed by atoms with van der Waals surface area (Å²) in [5.74, 6) is 0.201. The van der Waals surface area contributed by atoms with E-state index in [-0.39, 0.29) is 12.4 Å². The van der Waals surface area contributed by atoms with E-state index in [1.807, 2.05) is 28.8 Å². The number of nitrogens with zero attached hydrogens (tertiary/aromatic N) is 1. The fourth-order valence-electron chi connectivity index (χ4n) is 2.28. The maximum absolute atomic E-state index is 11.5. The van der Waals surface area contributed by atoms with E-state index in [1.54, 1.807) is 0 Å². The highest BCUT2D eigenvalue weighted by Gasteiger charge is 2.23. The third kappa shape index (κ3) is 1.65. The van der Waals surface area contributed by atoms with Crippen LogP contribution in [0.25, 0.3) is 10.9 Å². The number of aromatic nitrogens is 1. The van der Waals surface area contributed by atoms with Crippen molar-refractivity contribution >= 4 is 29.2 Å². The van der Waals surface area contributed by atoms with Gasteiger partial charge in [0.05, 0.1) is 12.1 Å². The van der Waals surface area contributed by atoms with Crippen molar-refractivity contribution in [1.82, 2.24) is 4.57 Å². The van der Waals surface area contributed by atoms with E-state index in [1.165, 1.54) is 0 Å².